The molecule has 1 aromatic carbocycles. The van der Waals surface area contributed by atoms with E-state index in [-0.39, 0.29) is 0 Å². The van der Waals surface area contributed by atoms with Gasteiger partial charge in [0.15, 0.2) is 0 Å². The van der Waals surface area contributed by atoms with Gasteiger partial charge in [-0.15, -0.1) is 0 Å². The average Bonchev–Trinajstić information content (AvgIpc) is 3.38. The second kappa shape index (κ2) is 8.13. The SMILES string of the molecule is c1ccc(-n2ccc(CN(C[C@@H]3CCCO3)C[C@@H]3CCCO3)n2)cc1. The van der Waals surface area contributed by atoms with Crippen molar-refractivity contribution in [3.8, 4) is 5.69 Å². The zero-order chi connectivity index (χ0) is 16.9. The second-order valence-corrected chi connectivity index (χ2v) is 7.05. The smallest absolute Gasteiger partial charge is 0.0769 e. The molecule has 1 aromatic heterocycles. The summed E-state index contributed by atoms with van der Waals surface area (Å²) < 4.78 is 13.7. The van der Waals surface area contributed by atoms with Gasteiger partial charge in [0, 0.05) is 39.0 Å². The molecular formula is C20H27N3O2. The van der Waals surface area contributed by atoms with Gasteiger partial charge in [0.25, 0.3) is 0 Å². The summed E-state index contributed by atoms with van der Waals surface area (Å²) in [6, 6.07) is 12.4. The minimum absolute atomic E-state index is 0.359. The summed E-state index contributed by atoms with van der Waals surface area (Å²) in [7, 11) is 0. The molecular weight excluding hydrogens is 314 g/mol. The molecule has 2 aromatic rings. The van der Waals surface area contributed by atoms with Crippen molar-refractivity contribution in [2.24, 2.45) is 0 Å². The molecule has 2 saturated heterocycles. The van der Waals surface area contributed by atoms with Gasteiger partial charge in [-0.05, 0) is 43.9 Å². The van der Waals surface area contributed by atoms with Crippen molar-refractivity contribution >= 4 is 0 Å². The summed E-state index contributed by atoms with van der Waals surface area (Å²) in [6.45, 7) is 4.60. The summed E-state index contributed by atoms with van der Waals surface area (Å²) in [6.07, 6.45) is 7.46. The minimum atomic E-state index is 0.359. The third-order valence-electron chi connectivity index (χ3n) is 5.02. The number of rotatable bonds is 7. The van der Waals surface area contributed by atoms with E-state index < -0.39 is 0 Å². The van der Waals surface area contributed by atoms with Crippen molar-refractivity contribution in [1.82, 2.24) is 14.7 Å². The maximum absolute atomic E-state index is 5.85. The van der Waals surface area contributed by atoms with Crippen LogP contribution in [0.2, 0.25) is 0 Å². The van der Waals surface area contributed by atoms with E-state index >= 15 is 0 Å². The Morgan fingerprint density at radius 2 is 1.64 bits per heavy atom. The quantitative estimate of drug-likeness (QED) is 0.776. The Kier molecular flexibility index (Phi) is 5.45. The van der Waals surface area contributed by atoms with Crippen molar-refractivity contribution in [3.63, 3.8) is 0 Å². The molecule has 0 unspecified atom stereocenters. The van der Waals surface area contributed by atoms with Crippen LogP contribution in [0.5, 0.6) is 0 Å². The van der Waals surface area contributed by atoms with Gasteiger partial charge in [-0.1, -0.05) is 18.2 Å². The highest BCUT2D eigenvalue weighted by atomic mass is 16.5. The number of hydrogen-bond donors (Lipinski definition) is 0. The van der Waals surface area contributed by atoms with Gasteiger partial charge in [0.05, 0.1) is 23.6 Å². The van der Waals surface area contributed by atoms with Crippen molar-refractivity contribution in [3.05, 3.63) is 48.3 Å². The predicted molar refractivity (Wildman–Crippen MR) is 96.8 cm³/mol. The van der Waals surface area contributed by atoms with E-state index in [0.29, 0.717) is 12.2 Å². The van der Waals surface area contributed by atoms with Gasteiger partial charge >= 0.3 is 0 Å². The van der Waals surface area contributed by atoms with Gasteiger partial charge < -0.3 is 9.47 Å². The lowest BCUT2D eigenvalue weighted by atomic mass is 10.2. The summed E-state index contributed by atoms with van der Waals surface area (Å²) >= 11 is 0. The average molecular weight is 341 g/mol. The minimum Gasteiger partial charge on any atom is -0.377 e. The lowest BCUT2D eigenvalue weighted by Gasteiger charge is -2.26. The Balaban J connectivity index is 1.42. The lowest BCUT2D eigenvalue weighted by molar-refractivity contribution is 0.0341. The Bertz CT molecular complexity index is 628. The first kappa shape index (κ1) is 16.8. The topological polar surface area (TPSA) is 39.5 Å². The monoisotopic (exact) mass is 341 g/mol. The molecule has 0 bridgehead atoms. The van der Waals surface area contributed by atoms with Crippen LogP contribution < -0.4 is 0 Å². The van der Waals surface area contributed by atoms with E-state index in [9.17, 15) is 0 Å². The summed E-state index contributed by atoms with van der Waals surface area (Å²) in [5, 5.41) is 4.76. The molecule has 0 N–H and O–H groups in total. The number of nitrogens with zero attached hydrogens (tertiary/aromatic N) is 3. The highest BCUT2D eigenvalue weighted by molar-refractivity contribution is 5.30. The predicted octanol–water partition coefficient (Wildman–Crippen LogP) is 3.03. The van der Waals surface area contributed by atoms with Crippen molar-refractivity contribution in [2.45, 2.75) is 44.4 Å². The lowest BCUT2D eigenvalue weighted by Crippen LogP contribution is -2.37. The number of hydrogen-bond acceptors (Lipinski definition) is 4. The molecule has 2 fully saturated rings. The molecule has 3 heterocycles. The molecule has 134 valence electrons. The van der Waals surface area contributed by atoms with E-state index in [4.69, 9.17) is 14.6 Å². The van der Waals surface area contributed by atoms with Crippen LogP contribution in [0.15, 0.2) is 42.6 Å². The summed E-state index contributed by atoms with van der Waals surface area (Å²) in [5.41, 5.74) is 2.19. The molecule has 0 spiro atoms. The van der Waals surface area contributed by atoms with Crippen LogP contribution in [-0.2, 0) is 16.0 Å². The van der Waals surface area contributed by atoms with E-state index in [1.165, 1.54) is 25.7 Å². The van der Waals surface area contributed by atoms with Gasteiger partial charge in [0.1, 0.15) is 0 Å². The fraction of sp³-hybridized carbons (Fsp3) is 0.550. The first-order valence-corrected chi connectivity index (χ1v) is 9.42. The zero-order valence-corrected chi connectivity index (χ0v) is 14.7. The number of para-hydroxylation sites is 1. The largest absolute Gasteiger partial charge is 0.377 e. The van der Waals surface area contributed by atoms with Crippen molar-refractivity contribution < 1.29 is 9.47 Å². The van der Waals surface area contributed by atoms with Crippen LogP contribution in [0, 0.1) is 0 Å². The molecule has 2 atom stereocenters. The van der Waals surface area contributed by atoms with Gasteiger partial charge in [-0.3, -0.25) is 4.90 Å². The molecule has 0 aliphatic carbocycles. The maximum Gasteiger partial charge on any atom is 0.0769 e. The maximum atomic E-state index is 5.85. The zero-order valence-electron chi connectivity index (χ0n) is 14.7. The first-order valence-electron chi connectivity index (χ1n) is 9.42. The third-order valence-corrected chi connectivity index (χ3v) is 5.02. The fourth-order valence-electron chi connectivity index (χ4n) is 3.76. The molecule has 5 nitrogen and oxygen atoms in total. The van der Waals surface area contributed by atoms with E-state index in [2.05, 4.69) is 23.1 Å². The Hall–Kier alpha value is -1.69. The fourth-order valence-corrected chi connectivity index (χ4v) is 3.76. The first-order chi connectivity index (χ1) is 12.4. The second-order valence-electron chi connectivity index (χ2n) is 7.05. The molecule has 25 heavy (non-hydrogen) atoms. The molecule has 2 aliphatic heterocycles. The Labute approximate surface area is 149 Å². The normalized spacial score (nSPS) is 23.6. The number of ether oxygens (including phenoxy) is 2. The van der Waals surface area contributed by atoms with Crippen LogP contribution in [0.3, 0.4) is 0 Å². The Morgan fingerprint density at radius 1 is 0.960 bits per heavy atom. The number of benzene rings is 1. The van der Waals surface area contributed by atoms with Crippen LogP contribution in [0.25, 0.3) is 5.69 Å². The Morgan fingerprint density at radius 3 is 2.24 bits per heavy atom. The van der Waals surface area contributed by atoms with Crippen LogP contribution in [0.1, 0.15) is 31.4 Å². The molecule has 0 saturated carbocycles. The standard InChI is InChI=1S/C20H27N3O2/c1-2-6-18(7-3-1)23-11-10-17(21-23)14-22(15-19-8-4-12-24-19)16-20-9-5-13-25-20/h1-3,6-7,10-11,19-20H,4-5,8-9,12-16H2/t19-,20-/m0/s1. The van der Waals surface area contributed by atoms with Crippen LogP contribution in [0.4, 0.5) is 0 Å². The molecule has 0 radical (unpaired) electrons. The van der Waals surface area contributed by atoms with Crippen LogP contribution in [-0.4, -0.2) is 53.2 Å². The van der Waals surface area contributed by atoms with Gasteiger partial charge in [-0.2, -0.15) is 5.10 Å². The molecule has 4 rings (SSSR count). The van der Waals surface area contributed by atoms with Crippen molar-refractivity contribution in [2.75, 3.05) is 26.3 Å². The van der Waals surface area contributed by atoms with Crippen molar-refractivity contribution in [1.29, 1.82) is 0 Å². The van der Waals surface area contributed by atoms with E-state index in [1.807, 2.05) is 29.1 Å². The highest BCUT2D eigenvalue weighted by Gasteiger charge is 2.24. The highest BCUT2D eigenvalue weighted by Crippen LogP contribution is 2.19. The van der Waals surface area contributed by atoms with Crippen LogP contribution >= 0.6 is 0 Å². The third kappa shape index (κ3) is 4.48. The molecule has 2 aliphatic rings. The number of aromatic nitrogens is 2. The molecule has 0 amide bonds. The van der Waals surface area contributed by atoms with E-state index in [1.54, 1.807) is 0 Å². The van der Waals surface area contributed by atoms with Gasteiger partial charge in [-0.25, -0.2) is 4.68 Å². The van der Waals surface area contributed by atoms with Gasteiger partial charge in [0.2, 0.25) is 0 Å². The van der Waals surface area contributed by atoms with E-state index in [0.717, 1.165) is 44.2 Å². The molecule has 5 heteroatoms. The summed E-state index contributed by atoms with van der Waals surface area (Å²) in [4.78, 5) is 2.46. The summed E-state index contributed by atoms with van der Waals surface area (Å²) in [5.74, 6) is 0.